The normalized spacial score (nSPS) is 21.0. The van der Waals surface area contributed by atoms with Crippen LogP contribution in [0.4, 0.5) is 11.6 Å². The van der Waals surface area contributed by atoms with Gasteiger partial charge in [-0.25, -0.2) is 9.97 Å². The Balaban J connectivity index is 1.68. The summed E-state index contributed by atoms with van der Waals surface area (Å²) >= 11 is 0. The zero-order valence-corrected chi connectivity index (χ0v) is 13.1. The number of nitrogens with zero attached hydrogens (tertiary/aromatic N) is 2. The van der Waals surface area contributed by atoms with E-state index >= 15 is 0 Å². The van der Waals surface area contributed by atoms with E-state index in [9.17, 15) is 0 Å². The van der Waals surface area contributed by atoms with Crippen LogP contribution >= 0.6 is 0 Å². The quantitative estimate of drug-likeness (QED) is 0.843. The van der Waals surface area contributed by atoms with Gasteiger partial charge in [0.15, 0.2) is 0 Å². The molecule has 1 aromatic rings. The zero-order valence-electron chi connectivity index (χ0n) is 13.1. The minimum absolute atomic E-state index is 0.307. The molecule has 1 aliphatic heterocycles. The van der Waals surface area contributed by atoms with E-state index in [-0.39, 0.29) is 0 Å². The summed E-state index contributed by atoms with van der Waals surface area (Å²) in [7, 11) is 0. The maximum Gasteiger partial charge on any atom is 0.136 e. The van der Waals surface area contributed by atoms with Crippen molar-refractivity contribution in [2.24, 2.45) is 5.41 Å². The van der Waals surface area contributed by atoms with Crippen LogP contribution < -0.4 is 10.6 Å². The molecule has 5 nitrogen and oxygen atoms in total. The maximum atomic E-state index is 5.46. The molecule has 116 valence electrons. The van der Waals surface area contributed by atoms with Gasteiger partial charge in [0, 0.05) is 38.3 Å². The van der Waals surface area contributed by atoms with Crippen LogP contribution in [-0.4, -0.2) is 36.3 Å². The molecule has 2 aliphatic rings. The van der Waals surface area contributed by atoms with Crippen molar-refractivity contribution in [2.45, 2.75) is 45.4 Å². The standard InChI is InChI=1S/C16H26N4O/c1-3-17-13-10-14(20-15(19-13)12-4-5-12)18-11-16(2)6-8-21-9-7-16/h10,12H,3-9,11H2,1-2H3,(H2,17,18,19,20). The van der Waals surface area contributed by atoms with Crippen molar-refractivity contribution >= 4 is 11.6 Å². The average molecular weight is 290 g/mol. The van der Waals surface area contributed by atoms with Crippen molar-refractivity contribution in [3.05, 3.63) is 11.9 Å². The summed E-state index contributed by atoms with van der Waals surface area (Å²) in [4.78, 5) is 9.31. The summed E-state index contributed by atoms with van der Waals surface area (Å²) < 4.78 is 5.46. The third-order valence-electron chi connectivity index (χ3n) is 4.44. The molecule has 0 bridgehead atoms. The summed E-state index contributed by atoms with van der Waals surface area (Å²) in [5, 5.41) is 6.84. The van der Waals surface area contributed by atoms with Gasteiger partial charge >= 0.3 is 0 Å². The Bertz CT molecular complexity index is 481. The molecular weight excluding hydrogens is 264 g/mol. The van der Waals surface area contributed by atoms with Crippen molar-refractivity contribution in [1.82, 2.24) is 9.97 Å². The van der Waals surface area contributed by atoms with E-state index in [1.165, 1.54) is 12.8 Å². The van der Waals surface area contributed by atoms with Gasteiger partial charge in [0.1, 0.15) is 17.5 Å². The molecule has 2 N–H and O–H groups in total. The van der Waals surface area contributed by atoms with Gasteiger partial charge in [-0.15, -0.1) is 0 Å². The number of hydrogen-bond donors (Lipinski definition) is 2. The van der Waals surface area contributed by atoms with Crippen molar-refractivity contribution in [2.75, 3.05) is 36.9 Å². The Labute approximate surface area is 126 Å². The Kier molecular flexibility index (Phi) is 4.29. The molecule has 21 heavy (non-hydrogen) atoms. The number of ether oxygens (including phenoxy) is 1. The summed E-state index contributed by atoms with van der Waals surface area (Å²) in [6, 6.07) is 2.03. The highest BCUT2D eigenvalue weighted by molar-refractivity contribution is 5.48. The van der Waals surface area contributed by atoms with E-state index in [0.717, 1.165) is 56.6 Å². The maximum absolute atomic E-state index is 5.46. The van der Waals surface area contributed by atoms with Gasteiger partial charge in [-0.3, -0.25) is 0 Å². The van der Waals surface area contributed by atoms with E-state index in [1.807, 2.05) is 6.07 Å². The molecule has 0 unspecified atom stereocenters. The molecule has 1 saturated heterocycles. The van der Waals surface area contributed by atoms with Crippen LogP contribution in [0.25, 0.3) is 0 Å². The van der Waals surface area contributed by atoms with E-state index in [4.69, 9.17) is 9.72 Å². The van der Waals surface area contributed by atoms with Crippen LogP contribution in [-0.2, 0) is 4.74 Å². The first-order valence-electron chi connectivity index (χ1n) is 8.13. The van der Waals surface area contributed by atoms with E-state index in [2.05, 4.69) is 29.5 Å². The van der Waals surface area contributed by atoms with Gasteiger partial charge in [-0.05, 0) is 38.0 Å². The number of rotatable bonds is 6. The fourth-order valence-corrected chi connectivity index (χ4v) is 2.70. The number of aromatic nitrogens is 2. The molecule has 1 aliphatic carbocycles. The van der Waals surface area contributed by atoms with Crippen molar-refractivity contribution in [3.8, 4) is 0 Å². The topological polar surface area (TPSA) is 59.1 Å². The summed E-state index contributed by atoms with van der Waals surface area (Å²) in [6.45, 7) is 8.00. The molecule has 5 heteroatoms. The first-order chi connectivity index (χ1) is 10.2. The second-order valence-electron chi connectivity index (χ2n) is 6.58. The molecule has 2 heterocycles. The summed E-state index contributed by atoms with van der Waals surface area (Å²) in [5.41, 5.74) is 0.307. The molecule has 0 aromatic carbocycles. The fraction of sp³-hybridized carbons (Fsp3) is 0.750. The van der Waals surface area contributed by atoms with Crippen LogP contribution in [0.2, 0.25) is 0 Å². The number of nitrogens with one attached hydrogen (secondary N) is 2. The minimum Gasteiger partial charge on any atom is -0.381 e. The van der Waals surface area contributed by atoms with Crippen LogP contribution in [0, 0.1) is 5.41 Å². The molecule has 3 rings (SSSR count). The van der Waals surface area contributed by atoms with Crippen LogP contribution in [0.3, 0.4) is 0 Å². The van der Waals surface area contributed by atoms with Crippen LogP contribution in [0.5, 0.6) is 0 Å². The molecular formula is C16H26N4O. The van der Waals surface area contributed by atoms with E-state index in [1.54, 1.807) is 0 Å². The Morgan fingerprint density at radius 3 is 2.48 bits per heavy atom. The third-order valence-corrected chi connectivity index (χ3v) is 4.44. The average Bonchev–Trinajstić information content (AvgIpc) is 3.31. The largest absolute Gasteiger partial charge is 0.381 e. The second kappa shape index (κ2) is 6.18. The lowest BCUT2D eigenvalue weighted by molar-refractivity contribution is 0.0300. The smallest absolute Gasteiger partial charge is 0.136 e. The Morgan fingerprint density at radius 2 is 1.86 bits per heavy atom. The van der Waals surface area contributed by atoms with Gasteiger partial charge in [0.2, 0.25) is 0 Å². The second-order valence-corrected chi connectivity index (χ2v) is 6.58. The monoisotopic (exact) mass is 290 g/mol. The van der Waals surface area contributed by atoms with Gasteiger partial charge < -0.3 is 15.4 Å². The molecule has 0 amide bonds. The van der Waals surface area contributed by atoms with Crippen molar-refractivity contribution < 1.29 is 4.74 Å². The van der Waals surface area contributed by atoms with Gasteiger partial charge in [-0.1, -0.05) is 6.92 Å². The SMILES string of the molecule is CCNc1cc(NCC2(C)CCOCC2)nc(C2CC2)n1. The van der Waals surface area contributed by atoms with Gasteiger partial charge in [0.05, 0.1) is 0 Å². The Hall–Kier alpha value is -1.36. The van der Waals surface area contributed by atoms with E-state index in [0.29, 0.717) is 11.3 Å². The van der Waals surface area contributed by atoms with E-state index < -0.39 is 0 Å². The first-order valence-corrected chi connectivity index (χ1v) is 8.13. The zero-order chi connectivity index (χ0) is 14.7. The molecule has 0 spiro atoms. The third kappa shape index (κ3) is 3.84. The predicted octanol–water partition coefficient (Wildman–Crippen LogP) is 3.01. The first kappa shape index (κ1) is 14.6. The van der Waals surface area contributed by atoms with Crippen molar-refractivity contribution in [1.29, 1.82) is 0 Å². The molecule has 1 aromatic heterocycles. The summed E-state index contributed by atoms with van der Waals surface area (Å²) in [5.74, 6) is 3.46. The predicted molar refractivity (Wildman–Crippen MR) is 84.8 cm³/mol. The van der Waals surface area contributed by atoms with Crippen LogP contribution in [0.1, 0.15) is 51.3 Å². The highest BCUT2D eigenvalue weighted by Crippen LogP contribution is 2.39. The molecule has 1 saturated carbocycles. The molecule has 0 radical (unpaired) electrons. The van der Waals surface area contributed by atoms with Gasteiger partial charge in [0.25, 0.3) is 0 Å². The number of hydrogen-bond acceptors (Lipinski definition) is 5. The highest BCUT2D eigenvalue weighted by Gasteiger charge is 2.29. The molecule has 0 atom stereocenters. The number of anilines is 2. The van der Waals surface area contributed by atoms with Crippen molar-refractivity contribution in [3.63, 3.8) is 0 Å². The highest BCUT2D eigenvalue weighted by atomic mass is 16.5. The van der Waals surface area contributed by atoms with Crippen LogP contribution in [0.15, 0.2) is 6.07 Å². The Morgan fingerprint density at radius 1 is 1.19 bits per heavy atom. The van der Waals surface area contributed by atoms with Gasteiger partial charge in [-0.2, -0.15) is 0 Å². The molecule has 2 fully saturated rings. The summed E-state index contributed by atoms with van der Waals surface area (Å²) in [6.07, 6.45) is 4.68. The lowest BCUT2D eigenvalue weighted by atomic mass is 9.82. The fourth-order valence-electron chi connectivity index (χ4n) is 2.70. The lowest BCUT2D eigenvalue weighted by Gasteiger charge is -2.33. The lowest BCUT2D eigenvalue weighted by Crippen LogP contribution is -2.33. The minimum atomic E-state index is 0.307.